The van der Waals surface area contributed by atoms with E-state index in [-0.39, 0.29) is 17.9 Å². The van der Waals surface area contributed by atoms with Gasteiger partial charge in [-0.25, -0.2) is 0 Å². The lowest BCUT2D eigenvalue weighted by atomic mass is 9.95. The maximum atomic E-state index is 12.4. The quantitative estimate of drug-likeness (QED) is 0.845. The Morgan fingerprint density at radius 3 is 2.08 bits per heavy atom. The predicted octanol–water partition coefficient (Wildman–Crippen LogP) is 4.62. The molecule has 2 N–H and O–H groups in total. The molecule has 3 rings (SSSR count). The van der Waals surface area contributed by atoms with Gasteiger partial charge in [-0.15, -0.1) is 0 Å². The van der Waals surface area contributed by atoms with Crippen LogP contribution in [-0.2, 0) is 0 Å². The average Bonchev–Trinajstić information content (AvgIpc) is 2.65. The second-order valence-corrected chi connectivity index (χ2v) is 7.16. The molecule has 2 aromatic rings. The summed E-state index contributed by atoms with van der Waals surface area (Å²) in [7, 11) is 0. The molecule has 4 heteroatoms. The van der Waals surface area contributed by atoms with Gasteiger partial charge in [0.1, 0.15) is 0 Å². The number of amides is 2. The Kier molecular flexibility index (Phi) is 5.71. The van der Waals surface area contributed by atoms with E-state index in [0.29, 0.717) is 11.1 Å². The molecule has 0 bridgehead atoms. The summed E-state index contributed by atoms with van der Waals surface area (Å²) in [5.41, 5.74) is 4.13. The predicted molar refractivity (Wildman–Crippen MR) is 105 cm³/mol. The van der Waals surface area contributed by atoms with Gasteiger partial charge in [0.25, 0.3) is 11.8 Å². The lowest BCUT2D eigenvalue weighted by Gasteiger charge is -2.22. The smallest absolute Gasteiger partial charge is 0.255 e. The topological polar surface area (TPSA) is 58.2 Å². The third-order valence-electron chi connectivity index (χ3n) is 4.98. The van der Waals surface area contributed by atoms with Crippen molar-refractivity contribution in [3.8, 4) is 0 Å². The van der Waals surface area contributed by atoms with E-state index in [9.17, 15) is 9.59 Å². The first-order valence-electron chi connectivity index (χ1n) is 9.32. The average molecular weight is 350 g/mol. The Hall–Kier alpha value is -2.62. The summed E-state index contributed by atoms with van der Waals surface area (Å²) in [4.78, 5) is 24.8. The summed E-state index contributed by atoms with van der Waals surface area (Å²) in [6.07, 6.45) is 5.74. The van der Waals surface area contributed by atoms with Crippen molar-refractivity contribution in [1.82, 2.24) is 5.32 Å². The van der Waals surface area contributed by atoms with Crippen LogP contribution in [0.15, 0.2) is 42.5 Å². The van der Waals surface area contributed by atoms with Crippen molar-refractivity contribution in [2.24, 2.45) is 0 Å². The van der Waals surface area contributed by atoms with Crippen LogP contribution < -0.4 is 10.6 Å². The highest BCUT2D eigenvalue weighted by molar-refractivity contribution is 6.05. The molecule has 0 saturated heterocycles. The molecule has 1 aliphatic rings. The minimum Gasteiger partial charge on any atom is -0.349 e. The Balaban J connectivity index is 1.62. The van der Waals surface area contributed by atoms with Crippen molar-refractivity contribution < 1.29 is 9.59 Å². The van der Waals surface area contributed by atoms with Crippen LogP contribution in [0.4, 0.5) is 5.69 Å². The number of nitrogens with one attached hydrogen (secondary N) is 2. The molecule has 26 heavy (non-hydrogen) atoms. The lowest BCUT2D eigenvalue weighted by molar-refractivity contribution is 0.0926. The summed E-state index contributed by atoms with van der Waals surface area (Å²) < 4.78 is 0. The number of aryl methyl sites for hydroxylation is 2. The van der Waals surface area contributed by atoms with E-state index in [1.54, 1.807) is 24.3 Å². The Morgan fingerprint density at radius 2 is 1.46 bits per heavy atom. The molecular weight excluding hydrogens is 324 g/mol. The molecule has 0 radical (unpaired) electrons. The molecule has 1 saturated carbocycles. The largest absolute Gasteiger partial charge is 0.349 e. The zero-order chi connectivity index (χ0) is 18.5. The van der Waals surface area contributed by atoms with Gasteiger partial charge in [0.15, 0.2) is 0 Å². The SMILES string of the molecule is Cc1ccc(NC(=O)c2ccc(C(=O)NC3CCCCC3)cc2)c(C)c1. The molecule has 4 nitrogen and oxygen atoms in total. The molecule has 136 valence electrons. The Labute approximate surface area is 155 Å². The van der Waals surface area contributed by atoms with E-state index in [1.807, 2.05) is 32.0 Å². The number of rotatable bonds is 4. The molecule has 0 aromatic heterocycles. The highest BCUT2D eigenvalue weighted by atomic mass is 16.2. The molecular formula is C22H26N2O2. The van der Waals surface area contributed by atoms with E-state index in [1.165, 1.54) is 19.3 Å². The molecule has 0 aliphatic heterocycles. The second kappa shape index (κ2) is 8.17. The van der Waals surface area contributed by atoms with Gasteiger partial charge < -0.3 is 10.6 Å². The van der Waals surface area contributed by atoms with Gasteiger partial charge in [-0.05, 0) is 62.6 Å². The molecule has 0 atom stereocenters. The zero-order valence-electron chi connectivity index (χ0n) is 15.5. The summed E-state index contributed by atoms with van der Waals surface area (Å²) in [6, 6.07) is 13.0. The first-order valence-corrected chi connectivity index (χ1v) is 9.32. The number of carbonyl (C=O) groups excluding carboxylic acids is 2. The van der Waals surface area contributed by atoms with Crippen molar-refractivity contribution in [1.29, 1.82) is 0 Å². The molecule has 2 amide bonds. The van der Waals surface area contributed by atoms with Crippen LogP contribution in [0.3, 0.4) is 0 Å². The van der Waals surface area contributed by atoms with Gasteiger partial charge in [-0.2, -0.15) is 0 Å². The zero-order valence-corrected chi connectivity index (χ0v) is 15.5. The van der Waals surface area contributed by atoms with Gasteiger partial charge in [0.2, 0.25) is 0 Å². The Morgan fingerprint density at radius 1 is 0.846 bits per heavy atom. The standard InChI is InChI=1S/C22H26N2O2/c1-15-8-13-20(16(2)14-15)24-22(26)18-11-9-17(10-12-18)21(25)23-19-6-4-3-5-7-19/h8-14,19H,3-7H2,1-2H3,(H,23,25)(H,24,26). The van der Waals surface area contributed by atoms with Gasteiger partial charge in [-0.1, -0.05) is 37.0 Å². The molecule has 0 unspecified atom stereocenters. The minimum absolute atomic E-state index is 0.0572. The molecule has 0 heterocycles. The fourth-order valence-electron chi connectivity index (χ4n) is 3.44. The number of benzene rings is 2. The fourth-order valence-corrected chi connectivity index (χ4v) is 3.44. The highest BCUT2D eigenvalue weighted by Gasteiger charge is 2.17. The Bertz CT molecular complexity index is 790. The summed E-state index contributed by atoms with van der Waals surface area (Å²) in [5, 5.41) is 6.03. The van der Waals surface area contributed by atoms with Gasteiger partial charge in [-0.3, -0.25) is 9.59 Å². The number of hydrogen-bond donors (Lipinski definition) is 2. The summed E-state index contributed by atoms with van der Waals surface area (Å²) >= 11 is 0. The van der Waals surface area contributed by atoms with Crippen molar-refractivity contribution in [3.05, 3.63) is 64.7 Å². The van der Waals surface area contributed by atoms with E-state index < -0.39 is 0 Å². The van der Waals surface area contributed by atoms with E-state index in [4.69, 9.17) is 0 Å². The van der Waals surface area contributed by atoms with Crippen LogP contribution in [0.25, 0.3) is 0 Å². The molecule has 1 aliphatic carbocycles. The summed E-state index contributed by atoms with van der Waals surface area (Å²) in [5.74, 6) is -0.227. The lowest BCUT2D eigenvalue weighted by Crippen LogP contribution is -2.36. The monoisotopic (exact) mass is 350 g/mol. The van der Waals surface area contributed by atoms with Crippen LogP contribution in [0.1, 0.15) is 63.9 Å². The molecule has 1 fully saturated rings. The van der Waals surface area contributed by atoms with E-state index in [2.05, 4.69) is 10.6 Å². The van der Waals surface area contributed by atoms with Crippen LogP contribution in [0.5, 0.6) is 0 Å². The fraction of sp³-hybridized carbons (Fsp3) is 0.364. The van der Waals surface area contributed by atoms with Crippen molar-refractivity contribution >= 4 is 17.5 Å². The highest BCUT2D eigenvalue weighted by Crippen LogP contribution is 2.19. The van der Waals surface area contributed by atoms with Crippen molar-refractivity contribution in [2.75, 3.05) is 5.32 Å². The maximum absolute atomic E-state index is 12.4. The second-order valence-electron chi connectivity index (χ2n) is 7.16. The number of carbonyl (C=O) groups is 2. The van der Waals surface area contributed by atoms with Crippen LogP contribution in [0, 0.1) is 13.8 Å². The summed E-state index contributed by atoms with van der Waals surface area (Å²) in [6.45, 7) is 4.00. The minimum atomic E-state index is -0.170. The maximum Gasteiger partial charge on any atom is 0.255 e. The van der Waals surface area contributed by atoms with Crippen molar-refractivity contribution in [2.45, 2.75) is 52.0 Å². The van der Waals surface area contributed by atoms with Crippen LogP contribution in [-0.4, -0.2) is 17.9 Å². The first-order chi connectivity index (χ1) is 12.5. The van der Waals surface area contributed by atoms with Gasteiger partial charge in [0.05, 0.1) is 0 Å². The number of anilines is 1. The van der Waals surface area contributed by atoms with Gasteiger partial charge in [0, 0.05) is 22.9 Å². The third kappa shape index (κ3) is 4.51. The van der Waals surface area contributed by atoms with E-state index in [0.717, 1.165) is 29.7 Å². The normalized spacial score (nSPS) is 14.7. The van der Waals surface area contributed by atoms with E-state index >= 15 is 0 Å². The number of hydrogen-bond acceptors (Lipinski definition) is 2. The van der Waals surface area contributed by atoms with Crippen LogP contribution >= 0.6 is 0 Å². The first kappa shape index (κ1) is 18.2. The van der Waals surface area contributed by atoms with Gasteiger partial charge >= 0.3 is 0 Å². The molecule has 2 aromatic carbocycles. The third-order valence-corrected chi connectivity index (χ3v) is 4.98. The molecule has 0 spiro atoms. The van der Waals surface area contributed by atoms with Crippen LogP contribution in [0.2, 0.25) is 0 Å². The van der Waals surface area contributed by atoms with Crippen molar-refractivity contribution in [3.63, 3.8) is 0 Å².